The van der Waals surface area contributed by atoms with Gasteiger partial charge in [-0.3, -0.25) is 0 Å². The molecule has 4 heteroatoms. The van der Waals surface area contributed by atoms with Crippen molar-refractivity contribution in [2.75, 3.05) is 6.61 Å². The maximum atomic E-state index is 10.8. The lowest BCUT2D eigenvalue weighted by molar-refractivity contribution is -0.00637. The molecule has 7 unspecified atom stereocenters. The third kappa shape index (κ3) is 12.0. The normalized spacial score (nSPS) is 27.8. The third-order valence-corrected chi connectivity index (χ3v) is 8.21. The molecule has 4 nitrogen and oxygen atoms in total. The van der Waals surface area contributed by atoms with E-state index in [-0.39, 0.29) is 18.1 Å². The molecule has 0 radical (unpaired) electrons. The summed E-state index contributed by atoms with van der Waals surface area (Å²) >= 11 is 0. The van der Waals surface area contributed by atoms with Gasteiger partial charge in [0.2, 0.25) is 0 Å². The van der Waals surface area contributed by atoms with Crippen LogP contribution in [0.1, 0.15) is 126 Å². The summed E-state index contributed by atoms with van der Waals surface area (Å²) in [4.78, 5) is 0. The van der Waals surface area contributed by atoms with Crippen molar-refractivity contribution in [3.05, 3.63) is 11.6 Å². The first-order chi connectivity index (χ1) is 15.8. The van der Waals surface area contributed by atoms with Crippen LogP contribution >= 0.6 is 0 Å². The highest BCUT2D eigenvalue weighted by atomic mass is 16.5. The maximum Gasteiger partial charge on any atom is 0.0814 e. The van der Waals surface area contributed by atoms with E-state index in [1.807, 2.05) is 26.8 Å². The molecule has 0 spiro atoms. The average molecular weight is 483 g/mol. The van der Waals surface area contributed by atoms with E-state index in [0.717, 1.165) is 70.6 Å². The van der Waals surface area contributed by atoms with Crippen molar-refractivity contribution in [3.8, 4) is 0 Å². The first-order valence-electron chi connectivity index (χ1n) is 14.2. The van der Waals surface area contributed by atoms with Crippen LogP contribution in [0.15, 0.2) is 11.6 Å². The molecule has 0 amide bonds. The van der Waals surface area contributed by atoms with Gasteiger partial charge in [0, 0.05) is 6.61 Å². The number of hydrogen-bond donors (Lipinski definition) is 3. The molecule has 202 valence electrons. The second-order valence-corrected chi connectivity index (χ2v) is 12.5. The number of aliphatic hydroxyl groups is 3. The minimum atomic E-state index is -0.657. The fourth-order valence-electron chi connectivity index (χ4n) is 5.43. The molecule has 0 bridgehead atoms. The maximum absolute atomic E-state index is 10.8. The minimum Gasteiger partial charge on any atom is -0.390 e. The summed E-state index contributed by atoms with van der Waals surface area (Å²) in [5, 5.41) is 31.9. The van der Waals surface area contributed by atoms with Crippen molar-refractivity contribution >= 4 is 0 Å². The molecule has 1 rings (SSSR count). The summed E-state index contributed by atoms with van der Waals surface area (Å²) in [5.41, 5.74) is -0.00975. The molecule has 0 aromatic carbocycles. The molecular weight excluding hydrogens is 424 g/mol. The van der Waals surface area contributed by atoms with Crippen molar-refractivity contribution < 1.29 is 20.1 Å². The van der Waals surface area contributed by atoms with E-state index in [0.29, 0.717) is 24.4 Å². The minimum absolute atomic E-state index is 0.124. The van der Waals surface area contributed by atoms with Crippen LogP contribution in [0.5, 0.6) is 0 Å². The fraction of sp³-hybridized carbons (Fsp3) is 0.933. The van der Waals surface area contributed by atoms with Gasteiger partial charge in [-0.2, -0.15) is 0 Å². The van der Waals surface area contributed by atoms with Gasteiger partial charge in [0.15, 0.2) is 0 Å². The SMILES string of the molecule is CCOC1C(CCC(C)CCCC(C)(O)CCCC(C)(O)CCCC(C)C)=CC(O)C(C)C1C. The Hall–Kier alpha value is -0.420. The Morgan fingerprint density at radius 3 is 1.91 bits per heavy atom. The van der Waals surface area contributed by atoms with Crippen LogP contribution in [-0.4, -0.2) is 45.3 Å². The Morgan fingerprint density at radius 2 is 1.38 bits per heavy atom. The van der Waals surface area contributed by atoms with Crippen LogP contribution in [-0.2, 0) is 4.74 Å². The smallest absolute Gasteiger partial charge is 0.0814 e. The predicted molar refractivity (Wildman–Crippen MR) is 144 cm³/mol. The molecule has 0 fully saturated rings. The summed E-state index contributed by atoms with van der Waals surface area (Å²) in [7, 11) is 0. The lowest BCUT2D eigenvalue weighted by atomic mass is 9.76. The molecule has 0 aromatic rings. The Bertz CT molecular complexity index is 580. The monoisotopic (exact) mass is 482 g/mol. The van der Waals surface area contributed by atoms with E-state index in [1.54, 1.807) is 0 Å². The second-order valence-electron chi connectivity index (χ2n) is 12.5. The Kier molecular flexibility index (Phi) is 13.9. The first kappa shape index (κ1) is 31.6. The molecule has 0 saturated carbocycles. The van der Waals surface area contributed by atoms with Gasteiger partial charge in [-0.05, 0) is 95.0 Å². The zero-order chi connectivity index (χ0) is 25.9. The summed E-state index contributed by atoms with van der Waals surface area (Å²) in [6.07, 6.45) is 12.2. The molecule has 3 N–H and O–H groups in total. The van der Waals surface area contributed by atoms with Crippen LogP contribution in [0.3, 0.4) is 0 Å². The molecule has 1 aliphatic rings. The summed E-state index contributed by atoms with van der Waals surface area (Å²) in [5.74, 6) is 1.82. The Morgan fingerprint density at radius 1 is 0.853 bits per heavy atom. The highest BCUT2D eigenvalue weighted by molar-refractivity contribution is 5.18. The van der Waals surface area contributed by atoms with Crippen molar-refractivity contribution in [2.45, 2.75) is 149 Å². The molecule has 0 saturated heterocycles. The Balaban J connectivity index is 2.35. The lowest BCUT2D eigenvalue weighted by Gasteiger charge is -2.37. The molecule has 0 aromatic heterocycles. The fourth-order valence-corrected chi connectivity index (χ4v) is 5.43. The highest BCUT2D eigenvalue weighted by Gasteiger charge is 2.34. The van der Waals surface area contributed by atoms with Crippen molar-refractivity contribution in [2.24, 2.45) is 23.7 Å². The standard InChI is InChI=1S/C30H58O4/c1-9-34-28-25(6)24(5)27(31)21-26(28)16-15-23(4)14-11-18-30(8,33)20-12-19-29(7,32)17-10-13-22(2)3/h21-25,27-28,31-33H,9-20H2,1-8H3. The van der Waals surface area contributed by atoms with Gasteiger partial charge < -0.3 is 20.1 Å². The van der Waals surface area contributed by atoms with Crippen LogP contribution in [0, 0.1) is 23.7 Å². The van der Waals surface area contributed by atoms with Crippen molar-refractivity contribution in [1.82, 2.24) is 0 Å². The van der Waals surface area contributed by atoms with E-state index in [1.165, 1.54) is 5.57 Å². The van der Waals surface area contributed by atoms with E-state index < -0.39 is 11.2 Å². The largest absolute Gasteiger partial charge is 0.390 e. The predicted octanol–water partition coefficient (Wildman–Crippen LogP) is 7.05. The number of rotatable bonds is 17. The van der Waals surface area contributed by atoms with E-state index in [9.17, 15) is 15.3 Å². The molecule has 0 aliphatic heterocycles. The van der Waals surface area contributed by atoms with Gasteiger partial charge in [0.25, 0.3) is 0 Å². The molecule has 7 atom stereocenters. The first-order valence-corrected chi connectivity index (χ1v) is 14.2. The topological polar surface area (TPSA) is 69.9 Å². The van der Waals surface area contributed by atoms with Gasteiger partial charge in [0.1, 0.15) is 0 Å². The van der Waals surface area contributed by atoms with Crippen LogP contribution in [0.2, 0.25) is 0 Å². The highest BCUT2D eigenvalue weighted by Crippen LogP contribution is 2.35. The Labute approximate surface area is 211 Å². The quantitative estimate of drug-likeness (QED) is 0.194. The van der Waals surface area contributed by atoms with E-state index in [4.69, 9.17) is 4.74 Å². The number of ether oxygens (including phenoxy) is 1. The second kappa shape index (κ2) is 15.0. The van der Waals surface area contributed by atoms with Crippen molar-refractivity contribution in [1.29, 1.82) is 0 Å². The van der Waals surface area contributed by atoms with Gasteiger partial charge in [-0.15, -0.1) is 0 Å². The molecule has 0 heterocycles. The van der Waals surface area contributed by atoms with Crippen LogP contribution in [0.4, 0.5) is 0 Å². The lowest BCUT2D eigenvalue weighted by Crippen LogP contribution is -2.39. The number of hydrogen-bond acceptors (Lipinski definition) is 4. The summed E-state index contributed by atoms with van der Waals surface area (Å²) in [6, 6.07) is 0. The van der Waals surface area contributed by atoms with Crippen LogP contribution < -0.4 is 0 Å². The van der Waals surface area contributed by atoms with Crippen molar-refractivity contribution in [3.63, 3.8) is 0 Å². The third-order valence-electron chi connectivity index (χ3n) is 8.21. The van der Waals surface area contributed by atoms with Gasteiger partial charge in [-0.25, -0.2) is 0 Å². The van der Waals surface area contributed by atoms with Gasteiger partial charge >= 0.3 is 0 Å². The molecular formula is C30H58O4. The summed E-state index contributed by atoms with van der Waals surface area (Å²) in [6.45, 7) is 17.7. The summed E-state index contributed by atoms with van der Waals surface area (Å²) < 4.78 is 6.05. The van der Waals surface area contributed by atoms with E-state index >= 15 is 0 Å². The van der Waals surface area contributed by atoms with Gasteiger partial charge in [-0.1, -0.05) is 66.4 Å². The van der Waals surface area contributed by atoms with Crippen LogP contribution in [0.25, 0.3) is 0 Å². The molecule has 1 aliphatic carbocycles. The number of aliphatic hydroxyl groups excluding tert-OH is 1. The zero-order valence-corrected chi connectivity index (χ0v) is 23.8. The van der Waals surface area contributed by atoms with Gasteiger partial charge in [0.05, 0.1) is 23.4 Å². The average Bonchev–Trinajstić information content (AvgIpc) is 2.72. The van der Waals surface area contributed by atoms with E-state index in [2.05, 4.69) is 34.6 Å². The zero-order valence-electron chi connectivity index (χ0n) is 23.8. The molecule has 34 heavy (non-hydrogen) atoms.